The summed E-state index contributed by atoms with van der Waals surface area (Å²) < 4.78 is 25.3. The summed E-state index contributed by atoms with van der Waals surface area (Å²) in [6.45, 7) is 7.89. The Morgan fingerprint density at radius 2 is 1.77 bits per heavy atom. The molecule has 1 N–H and O–H groups in total. The van der Waals surface area contributed by atoms with E-state index >= 15 is 0 Å². The second-order valence-corrected chi connectivity index (χ2v) is 11.4. The third kappa shape index (κ3) is 4.90. The summed E-state index contributed by atoms with van der Waals surface area (Å²) in [5, 5.41) is 9.63. The van der Waals surface area contributed by atoms with Crippen molar-refractivity contribution in [3.8, 4) is 0 Å². The van der Waals surface area contributed by atoms with E-state index in [2.05, 4.69) is 11.0 Å². The van der Waals surface area contributed by atoms with Gasteiger partial charge in [0.2, 0.25) is 5.91 Å². The number of aliphatic hydroxyl groups excluding tert-OH is 1. The minimum absolute atomic E-state index is 0.0948. The van der Waals surface area contributed by atoms with Gasteiger partial charge in [0.15, 0.2) is 9.84 Å². The monoisotopic (exact) mass is 500 g/mol. The van der Waals surface area contributed by atoms with Gasteiger partial charge in [-0.25, -0.2) is 13.4 Å². The molecule has 35 heavy (non-hydrogen) atoms. The topological polar surface area (TPSA) is 111 Å². The summed E-state index contributed by atoms with van der Waals surface area (Å²) in [5.74, 6) is 0.386. The number of hydrogen-bond acceptors (Lipinski definition) is 7. The summed E-state index contributed by atoms with van der Waals surface area (Å²) >= 11 is 0. The van der Waals surface area contributed by atoms with Gasteiger partial charge in [0.1, 0.15) is 5.82 Å². The van der Waals surface area contributed by atoms with Crippen molar-refractivity contribution in [1.82, 2.24) is 9.88 Å². The maximum atomic E-state index is 13.4. The second-order valence-electron chi connectivity index (χ2n) is 9.40. The fourth-order valence-electron chi connectivity index (χ4n) is 4.86. The van der Waals surface area contributed by atoms with Crippen molar-refractivity contribution < 1.29 is 23.1 Å². The Kier molecular flexibility index (Phi) is 6.88. The number of rotatable bonds is 5. The molecular formula is C25H32N4O5S. The molecule has 2 aliphatic rings. The summed E-state index contributed by atoms with van der Waals surface area (Å²) in [7, 11) is -3.75. The first-order valence-corrected chi connectivity index (χ1v) is 13.7. The van der Waals surface area contributed by atoms with Gasteiger partial charge in [0, 0.05) is 50.2 Å². The van der Waals surface area contributed by atoms with E-state index in [1.54, 1.807) is 11.0 Å². The molecule has 0 bridgehead atoms. The van der Waals surface area contributed by atoms with Crippen molar-refractivity contribution in [3.05, 3.63) is 46.6 Å². The first kappa shape index (κ1) is 25.1. The molecule has 2 fully saturated rings. The number of hydrogen-bond donors (Lipinski definition) is 1. The Balaban J connectivity index is 1.57. The Hall–Kier alpha value is -2.98. The predicted octanol–water partition coefficient (Wildman–Crippen LogP) is 1.86. The van der Waals surface area contributed by atoms with Crippen molar-refractivity contribution in [2.45, 2.75) is 44.6 Å². The van der Waals surface area contributed by atoms with Crippen LogP contribution in [0.2, 0.25) is 0 Å². The quantitative estimate of drug-likeness (QED) is 0.667. The third-order valence-electron chi connectivity index (χ3n) is 6.91. The van der Waals surface area contributed by atoms with Crippen molar-refractivity contribution in [2.75, 3.05) is 48.8 Å². The lowest BCUT2D eigenvalue weighted by atomic mass is 10.1. The van der Waals surface area contributed by atoms with Crippen LogP contribution in [0.4, 0.5) is 11.5 Å². The van der Waals surface area contributed by atoms with Crippen molar-refractivity contribution in [2.24, 2.45) is 0 Å². The van der Waals surface area contributed by atoms with Gasteiger partial charge >= 0.3 is 0 Å². The Bertz CT molecular complexity index is 1270. The van der Waals surface area contributed by atoms with Gasteiger partial charge in [-0.05, 0) is 56.5 Å². The van der Waals surface area contributed by atoms with Gasteiger partial charge in [-0.15, -0.1) is 0 Å². The average molecular weight is 501 g/mol. The first-order chi connectivity index (χ1) is 16.5. The average Bonchev–Trinajstić information content (AvgIpc) is 3.20. The number of anilines is 2. The third-order valence-corrected chi connectivity index (χ3v) is 8.04. The molecule has 0 saturated carbocycles. The lowest BCUT2D eigenvalue weighted by Crippen LogP contribution is -2.49. The molecule has 3 heterocycles. The zero-order valence-corrected chi connectivity index (χ0v) is 21.4. The number of aliphatic hydroxyl groups is 1. The smallest absolute Gasteiger partial charge is 0.255 e. The van der Waals surface area contributed by atoms with Crippen molar-refractivity contribution >= 4 is 33.2 Å². The second kappa shape index (κ2) is 9.58. The number of aromatic nitrogens is 1. The van der Waals surface area contributed by atoms with E-state index in [0.29, 0.717) is 44.7 Å². The summed E-state index contributed by atoms with van der Waals surface area (Å²) in [4.78, 5) is 35.6. The van der Waals surface area contributed by atoms with Crippen LogP contribution < -0.4 is 9.80 Å². The van der Waals surface area contributed by atoms with Crippen LogP contribution >= 0.6 is 0 Å². The van der Waals surface area contributed by atoms with E-state index in [9.17, 15) is 23.1 Å². The molecule has 1 aromatic heterocycles. The molecule has 0 spiro atoms. The molecular weight excluding hydrogens is 468 g/mol. The van der Waals surface area contributed by atoms with Crippen LogP contribution in [0.15, 0.2) is 29.2 Å². The highest BCUT2D eigenvalue weighted by molar-refractivity contribution is 7.90. The van der Waals surface area contributed by atoms with Gasteiger partial charge in [0.25, 0.3) is 5.91 Å². The minimum atomic E-state index is -3.75. The molecule has 0 radical (unpaired) electrons. The SMILES string of the molecule is Cc1cc(C)c(N2CCN(C(=O)c3ccc(N4C(=O)CCC4CO)cc3S(C)(=O)=O)CC2)nc1C. The van der Waals surface area contributed by atoms with Crippen LogP contribution in [0.1, 0.15) is 40.0 Å². The summed E-state index contributed by atoms with van der Waals surface area (Å²) in [5.41, 5.74) is 3.67. The largest absolute Gasteiger partial charge is 0.394 e. The molecule has 0 aliphatic carbocycles. The molecule has 1 atom stereocenters. The van der Waals surface area contributed by atoms with Crippen molar-refractivity contribution in [1.29, 1.82) is 0 Å². The van der Waals surface area contributed by atoms with E-state index in [1.807, 2.05) is 20.8 Å². The number of aryl methyl sites for hydroxylation is 3. The molecule has 10 heteroatoms. The van der Waals surface area contributed by atoms with Gasteiger partial charge < -0.3 is 19.8 Å². The lowest BCUT2D eigenvalue weighted by Gasteiger charge is -2.36. The number of nitrogens with zero attached hydrogens (tertiary/aromatic N) is 4. The summed E-state index contributed by atoms with van der Waals surface area (Å²) in [6, 6.07) is 6.17. The highest BCUT2D eigenvalue weighted by Crippen LogP contribution is 2.31. The molecule has 2 saturated heterocycles. The van der Waals surface area contributed by atoms with Gasteiger partial charge in [0.05, 0.1) is 23.1 Å². The number of piperazine rings is 1. The fourth-order valence-corrected chi connectivity index (χ4v) is 5.75. The Morgan fingerprint density at radius 3 is 2.40 bits per heavy atom. The van der Waals surface area contributed by atoms with Crippen LogP contribution in [0.3, 0.4) is 0 Å². The number of carbonyl (C=O) groups is 2. The number of carbonyl (C=O) groups excluding carboxylic acids is 2. The zero-order valence-electron chi connectivity index (χ0n) is 20.6. The maximum absolute atomic E-state index is 13.4. The number of sulfone groups is 1. The number of amides is 2. The van der Waals surface area contributed by atoms with E-state index in [4.69, 9.17) is 4.98 Å². The highest BCUT2D eigenvalue weighted by Gasteiger charge is 2.34. The molecule has 1 aromatic carbocycles. The van der Waals surface area contributed by atoms with Crippen LogP contribution in [0.5, 0.6) is 0 Å². The standard InChI is InChI=1S/C25H32N4O5S/c1-16-13-17(2)24(26-18(16)3)27-9-11-28(12-10-27)25(32)21-7-5-19(14-22(21)35(4,33)34)29-20(15-30)6-8-23(29)31/h5,7,13-14,20,30H,6,8-12,15H2,1-4H3. The van der Waals surface area contributed by atoms with Crippen LogP contribution in [-0.4, -0.2) is 80.3 Å². The van der Waals surface area contributed by atoms with Gasteiger partial charge in [-0.2, -0.15) is 0 Å². The molecule has 4 rings (SSSR count). The maximum Gasteiger partial charge on any atom is 0.255 e. The molecule has 9 nitrogen and oxygen atoms in total. The molecule has 2 aliphatic heterocycles. The number of benzene rings is 1. The van der Waals surface area contributed by atoms with Gasteiger partial charge in [-0.1, -0.05) is 6.07 Å². The van der Waals surface area contributed by atoms with Gasteiger partial charge in [-0.3, -0.25) is 9.59 Å². The number of pyridine rings is 1. The summed E-state index contributed by atoms with van der Waals surface area (Å²) in [6.07, 6.45) is 1.85. The Morgan fingerprint density at radius 1 is 1.09 bits per heavy atom. The lowest BCUT2D eigenvalue weighted by molar-refractivity contribution is -0.117. The zero-order chi connectivity index (χ0) is 25.5. The molecule has 188 valence electrons. The minimum Gasteiger partial charge on any atom is -0.394 e. The molecule has 2 aromatic rings. The molecule has 2 amide bonds. The fraction of sp³-hybridized carbons (Fsp3) is 0.480. The van der Waals surface area contributed by atoms with Crippen LogP contribution in [-0.2, 0) is 14.6 Å². The van der Waals surface area contributed by atoms with E-state index in [-0.39, 0.29) is 28.9 Å². The van der Waals surface area contributed by atoms with Crippen molar-refractivity contribution in [3.63, 3.8) is 0 Å². The van der Waals surface area contributed by atoms with E-state index in [1.165, 1.54) is 17.0 Å². The first-order valence-electron chi connectivity index (χ1n) is 11.8. The Labute approximate surface area is 206 Å². The highest BCUT2D eigenvalue weighted by atomic mass is 32.2. The van der Waals surface area contributed by atoms with Crippen LogP contribution in [0.25, 0.3) is 0 Å². The van der Waals surface area contributed by atoms with E-state index < -0.39 is 15.9 Å². The van der Waals surface area contributed by atoms with E-state index in [0.717, 1.165) is 28.9 Å². The van der Waals surface area contributed by atoms with Crippen LogP contribution in [0, 0.1) is 20.8 Å². The normalized spacial score (nSPS) is 18.9. The molecule has 1 unspecified atom stereocenters. The predicted molar refractivity (Wildman–Crippen MR) is 134 cm³/mol.